The van der Waals surface area contributed by atoms with Crippen molar-refractivity contribution >= 4 is 35.0 Å². The SMILES string of the molecule is C=[N+](C)[C@@H]1CCC(C)=C[C@H]1c1c(O)cc(CCCCC)cc1OC(=S)Cl. The van der Waals surface area contributed by atoms with Gasteiger partial charge < -0.3 is 9.84 Å². The zero-order valence-corrected chi connectivity index (χ0v) is 17.5. The molecule has 1 aromatic rings. The van der Waals surface area contributed by atoms with E-state index in [9.17, 15) is 5.11 Å². The summed E-state index contributed by atoms with van der Waals surface area (Å²) >= 11 is 10.8. The van der Waals surface area contributed by atoms with Gasteiger partial charge in [0.25, 0.3) is 4.51 Å². The van der Waals surface area contributed by atoms with Crippen LogP contribution < -0.4 is 4.74 Å². The van der Waals surface area contributed by atoms with Crippen LogP contribution in [0.15, 0.2) is 23.8 Å². The fourth-order valence-electron chi connectivity index (χ4n) is 3.72. The maximum absolute atomic E-state index is 10.8. The van der Waals surface area contributed by atoms with Gasteiger partial charge in [-0.2, -0.15) is 0 Å². The summed E-state index contributed by atoms with van der Waals surface area (Å²) < 4.78 is 7.56. The molecule has 26 heavy (non-hydrogen) atoms. The van der Waals surface area contributed by atoms with E-state index in [1.54, 1.807) is 0 Å². The minimum Gasteiger partial charge on any atom is -0.507 e. The Balaban J connectivity index is 2.49. The molecule has 0 heterocycles. The van der Waals surface area contributed by atoms with Crippen molar-refractivity contribution in [3.05, 3.63) is 34.9 Å². The molecule has 0 aliphatic heterocycles. The van der Waals surface area contributed by atoms with E-state index >= 15 is 0 Å². The van der Waals surface area contributed by atoms with Gasteiger partial charge in [0.1, 0.15) is 25.3 Å². The lowest BCUT2D eigenvalue weighted by Crippen LogP contribution is -2.31. The molecule has 0 spiro atoms. The van der Waals surface area contributed by atoms with E-state index in [0.717, 1.165) is 49.7 Å². The summed E-state index contributed by atoms with van der Waals surface area (Å²) in [6, 6.07) is 4.01. The molecule has 0 aromatic heterocycles. The first-order valence-corrected chi connectivity index (χ1v) is 10.1. The second kappa shape index (κ2) is 9.52. The van der Waals surface area contributed by atoms with Crippen LogP contribution in [0.25, 0.3) is 0 Å². The summed E-state index contributed by atoms with van der Waals surface area (Å²) in [4.78, 5) is 0. The smallest absolute Gasteiger partial charge is 0.260 e. The minimum atomic E-state index is -0.0626. The lowest BCUT2D eigenvalue weighted by molar-refractivity contribution is -0.534. The van der Waals surface area contributed by atoms with Crippen molar-refractivity contribution in [3.8, 4) is 11.5 Å². The van der Waals surface area contributed by atoms with Gasteiger partial charge in [-0.25, -0.2) is 4.58 Å². The first-order valence-electron chi connectivity index (χ1n) is 9.27. The van der Waals surface area contributed by atoms with Crippen molar-refractivity contribution in [2.75, 3.05) is 7.05 Å². The summed E-state index contributed by atoms with van der Waals surface area (Å²) in [6.45, 7) is 8.38. The Morgan fingerprint density at radius 2 is 2.15 bits per heavy atom. The van der Waals surface area contributed by atoms with Crippen LogP contribution in [0.2, 0.25) is 0 Å². The van der Waals surface area contributed by atoms with Crippen LogP contribution in [-0.2, 0) is 6.42 Å². The van der Waals surface area contributed by atoms with Gasteiger partial charge in [0.2, 0.25) is 0 Å². The Hall–Kier alpha value is -1.39. The van der Waals surface area contributed by atoms with Crippen LogP contribution in [-0.4, -0.2) is 34.0 Å². The van der Waals surface area contributed by atoms with Crippen LogP contribution in [0.5, 0.6) is 11.5 Å². The van der Waals surface area contributed by atoms with Crippen LogP contribution in [0, 0.1) is 0 Å². The number of benzene rings is 1. The molecule has 0 amide bonds. The molecule has 2 rings (SSSR count). The molecular formula is C21H29ClNO2S+. The van der Waals surface area contributed by atoms with Crippen molar-refractivity contribution in [2.24, 2.45) is 0 Å². The molecule has 1 aliphatic rings. The second-order valence-corrected chi connectivity index (χ2v) is 8.16. The van der Waals surface area contributed by atoms with Gasteiger partial charge in [0, 0.05) is 6.42 Å². The van der Waals surface area contributed by atoms with Gasteiger partial charge in [-0.15, -0.1) is 0 Å². The summed E-state index contributed by atoms with van der Waals surface area (Å²) in [7, 11) is 1.97. The highest BCUT2D eigenvalue weighted by atomic mass is 35.5. The normalized spacial score (nSPS) is 19.8. The Morgan fingerprint density at radius 1 is 1.42 bits per heavy atom. The number of rotatable bonds is 7. The number of hydrogen-bond acceptors (Lipinski definition) is 3. The van der Waals surface area contributed by atoms with Gasteiger partial charge in [0.05, 0.1) is 11.5 Å². The number of hydrogen-bond donors (Lipinski definition) is 1. The van der Waals surface area contributed by atoms with E-state index in [1.165, 1.54) is 5.57 Å². The van der Waals surface area contributed by atoms with Crippen LogP contribution in [0.1, 0.15) is 63.0 Å². The molecule has 2 atom stereocenters. The third-order valence-electron chi connectivity index (χ3n) is 5.05. The number of aromatic hydroxyl groups is 1. The van der Waals surface area contributed by atoms with E-state index in [-0.39, 0.29) is 22.2 Å². The number of halogens is 1. The highest BCUT2D eigenvalue weighted by Gasteiger charge is 2.35. The average molecular weight is 395 g/mol. The van der Waals surface area contributed by atoms with E-state index in [4.69, 9.17) is 28.6 Å². The van der Waals surface area contributed by atoms with Crippen LogP contribution in [0.3, 0.4) is 0 Å². The first kappa shape index (κ1) is 20.9. The van der Waals surface area contributed by atoms with Gasteiger partial charge in [-0.1, -0.05) is 31.4 Å². The van der Waals surface area contributed by atoms with Crippen molar-refractivity contribution < 1.29 is 14.4 Å². The molecule has 3 nitrogen and oxygen atoms in total. The predicted molar refractivity (Wildman–Crippen MR) is 113 cm³/mol. The Kier molecular flexibility index (Phi) is 7.66. The minimum absolute atomic E-state index is 0.0167. The molecule has 0 fully saturated rings. The highest BCUT2D eigenvalue weighted by Crippen LogP contribution is 2.43. The number of thiocarbonyl (C=S) groups is 1. The third-order valence-corrected chi connectivity index (χ3v) is 5.21. The summed E-state index contributed by atoms with van der Waals surface area (Å²) in [5.74, 6) is 0.779. The molecule has 5 heteroatoms. The third kappa shape index (κ3) is 5.31. The van der Waals surface area contributed by atoms with Crippen LogP contribution in [0.4, 0.5) is 0 Å². The zero-order chi connectivity index (χ0) is 19.3. The number of allylic oxidation sites excluding steroid dienone is 1. The summed E-state index contributed by atoms with van der Waals surface area (Å²) in [5.41, 5.74) is 3.09. The van der Waals surface area contributed by atoms with Gasteiger partial charge in [-0.05, 0) is 67.7 Å². The number of ether oxygens (including phenoxy) is 1. The number of aryl methyl sites for hydroxylation is 1. The number of unbranched alkanes of at least 4 members (excludes halogenated alkanes) is 2. The second-order valence-electron chi connectivity index (χ2n) is 7.23. The Bertz CT molecular complexity index is 714. The van der Waals surface area contributed by atoms with Crippen molar-refractivity contribution in [1.29, 1.82) is 0 Å². The van der Waals surface area contributed by atoms with Crippen molar-refractivity contribution in [3.63, 3.8) is 0 Å². The predicted octanol–water partition coefficient (Wildman–Crippen LogP) is 5.56. The fourth-order valence-corrected chi connectivity index (χ4v) is 3.90. The van der Waals surface area contributed by atoms with Crippen molar-refractivity contribution in [2.45, 2.75) is 64.3 Å². The maximum Gasteiger partial charge on any atom is 0.260 e. The average Bonchev–Trinajstić information content (AvgIpc) is 2.54. The molecule has 0 bridgehead atoms. The zero-order valence-electron chi connectivity index (χ0n) is 15.9. The van der Waals surface area contributed by atoms with Gasteiger partial charge in [-0.3, -0.25) is 0 Å². The van der Waals surface area contributed by atoms with E-state index < -0.39 is 0 Å². The van der Waals surface area contributed by atoms with E-state index in [2.05, 4.69) is 26.6 Å². The molecular weight excluding hydrogens is 366 g/mol. The fraction of sp³-hybridized carbons (Fsp3) is 0.524. The first-order chi connectivity index (χ1) is 12.3. The Labute approximate surface area is 167 Å². The monoisotopic (exact) mass is 394 g/mol. The van der Waals surface area contributed by atoms with Crippen LogP contribution >= 0.6 is 23.8 Å². The molecule has 1 aliphatic carbocycles. The quantitative estimate of drug-likeness (QED) is 0.164. The largest absolute Gasteiger partial charge is 0.507 e. The topological polar surface area (TPSA) is 32.5 Å². The molecule has 1 aromatic carbocycles. The molecule has 142 valence electrons. The molecule has 1 N–H and O–H groups in total. The lowest BCUT2D eigenvalue weighted by atomic mass is 9.80. The lowest BCUT2D eigenvalue weighted by Gasteiger charge is -2.28. The molecule has 0 saturated heterocycles. The molecule has 0 unspecified atom stereocenters. The molecule has 0 saturated carbocycles. The van der Waals surface area contributed by atoms with E-state index in [1.807, 2.05) is 23.8 Å². The number of nitrogens with zero attached hydrogens (tertiary/aromatic N) is 1. The summed E-state index contributed by atoms with van der Waals surface area (Å²) in [5, 5.41) is 10.8. The van der Waals surface area contributed by atoms with Gasteiger partial charge >= 0.3 is 0 Å². The number of phenols is 1. The highest BCUT2D eigenvalue weighted by molar-refractivity contribution is 7.82. The Morgan fingerprint density at radius 3 is 2.77 bits per heavy atom. The number of phenolic OH excluding ortho intramolecular Hbond substituents is 1. The summed E-state index contributed by atoms with van der Waals surface area (Å²) in [6.07, 6.45) is 8.49. The molecule has 0 radical (unpaired) electrons. The number of likely N-dealkylation sites (N-methyl/N-ethyl adjacent to an activating group) is 1. The van der Waals surface area contributed by atoms with E-state index in [0.29, 0.717) is 5.75 Å². The van der Waals surface area contributed by atoms with Gasteiger partial charge in [0.15, 0.2) is 6.04 Å². The maximum atomic E-state index is 10.8. The van der Waals surface area contributed by atoms with Crippen molar-refractivity contribution in [1.82, 2.24) is 0 Å². The standard InChI is InChI=1S/C21H28ClNO2S/c1-5-6-7-8-15-12-18(24)20(19(13-15)25-21(22)26)16-11-14(2)9-10-17(16)23(3)4/h11-13,16-17H,3,5-10H2,1-2,4H3/p+1/t16-,17-/m1/s1.